The molecule has 1 saturated carbocycles. The van der Waals surface area contributed by atoms with Crippen LogP contribution in [0.15, 0.2) is 28.7 Å². The van der Waals surface area contributed by atoms with Gasteiger partial charge >= 0.3 is 0 Å². The van der Waals surface area contributed by atoms with Crippen molar-refractivity contribution < 1.29 is 4.79 Å². The molecule has 0 saturated heterocycles. The molecule has 0 atom stereocenters. The third-order valence-corrected chi connectivity index (χ3v) is 3.35. The van der Waals surface area contributed by atoms with Crippen LogP contribution in [0.4, 0.5) is 0 Å². The molecule has 1 aromatic rings. The van der Waals surface area contributed by atoms with Gasteiger partial charge in [-0.25, -0.2) is 0 Å². The van der Waals surface area contributed by atoms with Crippen molar-refractivity contribution in [2.45, 2.75) is 25.7 Å². The zero-order valence-corrected chi connectivity index (χ0v) is 10.8. The summed E-state index contributed by atoms with van der Waals surface area (Å²) in [5.74, 6) is 0.972. The molecule has 1 aliphatic rings. The fraction of sp³-hybridized carbons (Fsp3) is 0.462. The van der Waals surface area contributed by atoms with Gasteiger partial charge in [0.05, 0.1) is 0 Å². The van der Waals surface area contributed by atoms with E-state index in [9.17, 15) is 4.79 Å². The largest absolute Gasteiger partial charge is 0.352 e. The Balaban J connectivity index is 1.73. The van der Waals surface area contributed by atoms with Gasteiger partial charge < -0.3 is 5.32 Å². The molecule has 0 aliphatic heterocycles. The van der Waals surface area contributed by atoms with E-state index < -0.39 is 0 Å². The molecule has 1 fully saturated rings. The summed E-state index contributed by atoms with van der Waals surface area (Å²) in [7, 11) is 0. The van der Waals surface area contributed by atoms with Crippen LogP contribution in [0.5, 0.6) is 0 Å². The molecule has 16 heavy (non-hydrogen) atoms. The molecule has 3 heteroatoms. The van der Waals surface area contributed by atoms with Crippen LogP contribution in [0.2, 0.25) is 0 Å². The van der Waals surface area contributed by atoms with Crippen molar-refractivity contribution in [3.63, 3.8) is 0 Å². The molecular weight excluding hydrogens is 266 g/mol. The third kappa shape index (κ3) is 3.63. The molecule has 1 aromatic carbocycles. The van der Waals surface area contributed by atoms with Crippen molar-refractivity contribution in [2.24, 2.45) is 5.92 Å². The average molecular weight is 282 g/mol. The van der Waals surface area contributed by atoms with Crippen LogP contribution in [0, 0.1) is 5.92 Å². The van der Waals surface area contributed by atoms with Gasteiger partial charge in [0.25, 0.3) is 5.91 Å². The van der Waals surface area contributed by atoms with Crippen LogP contribution < -0.4 is 5.32 Å². The minimum absolute atomic E-state index is 0.0251. The zero-order valence-electron chi connectivity index (χ0n) is 9.21. The Morgan fingerprint density at radius 1 is 1.44 bits per heavy atom. The average Bonchev–Trinajstić information content (AvgIpc) is 3.08. The second kappa shape index (κ2) is 5.48. The summed E-state index contributed by atoms with van der Waals surface area (Å²) >= 11 is 3.36. The fourth-order valence-corrected chi connectivity index (χ4v) is 2.13. The molecule has 0 aromatic heterocycles. The lowest BCUT2D eigenvalue weighted by Gasteiger charge is -2.05. The van der Waals surface area contributed by atoms with E-state index >= 15 is 0 Å². The maximum absolute atomic E-state index is 11.7. The van der Waals surface area contributed by atoms with Gasteiger partial charge in [-0.05, 0) is 37.0 Å². The molecule has 0 bridgehead atoms. The van der Waals surface area contributed by atoms with Gasteiger partial charge in [-0.15, -0.1) is 0 Å². The molecule has 86 valence electrons. The summed E-state index contributed by atoms with van der Waals surface area (Å²) in [6.45, 7) is 0.793. The topological polar surface area (TPSA) is 29.1 Å². The summed E-state index contributed by atoms with van der Waals surface area (Å²) in [6, 6.07) is 7.48. The molecule has 1 aliphatic carbocycles. The lowest BCUT2D eigenvalue weighted by molar-refractivity contribution is 0.0952. The van der Waals surface area contributed by atoms with E-state index in [0.29, 0.717) is 0 Å². The highest BCUT2D eigenvalue weighted by Crippen LogP contribution is 2.33. The van der Waals surface area contributed by atoms with Crippen LogP contribution in [0.3, 0.4) is 0 Å². The van der Waals surface area contributed by atoms with Gasteiger partial charge in [-0.2, -0.15) is 0 Å². The fourth-order valence-electron chi connectivity index (χ4n) is 1.73. The van der Waals surface area contributed by atoms with Crippen molar-refractivity contribution in [3.8, 4) is 0 Å². The Hall–Kier alpha value is -0.830. The van der Waals surface area contributed by atoms with Crippen molar-refractivity contribution in [1.29, 1.82) is 0 Å². The van der Waals surface area contributed by atoms with E-state index in [4.69, 9.17) is 0 Å². The number of hydrogen-bond acceptors (Lipinski definition) is 1. The number of carbonyl (C=O) groups is 1. The summed E-state index contributed by atoms with van der Waals surface area (Å²) in [5, 5.41) is 2.95. The van der Waals surface area contributed by atoms with Gasteiger partial charge in [0.1, 0.15) is 0 Å². The number of hydrogen-bond donors (Lipinski definition) is 1. The number of amides is 1. The number of benzene rings is 1. The lowest BCUT2D eigenvalue weighted by atomic mass is 10.2. The van der Waals surface area contributed by atoms with Crippen molar-refractivity contribution in [3.05, 3.63) is 34.3 Å². The predicted octanol–water partition coefficient (Wildman–Crippen LogP) is 3.37. The van der Waals surface area contributed by atoms with Crippen LogP contribution >= 0.6 is 15.9 Å². The first kappa shape index (κ1) is 11.6. The second-order valence-electron chi connectivity index (χ2n) is 4.35. The Kier molecular flexibility index (Phi) is 3.99. The SMILES string of the molecule is O=C(NCCCC1CC1)c1cccc(Br)c1. The van der Waals surface area contributed by atoms with Gasteiger partial charge in [0, 0.05) is 16.6 Å². The van der Waals surface area contributed by atoms with Gasteiger partial charge in [-0.1, -0.05) is 34.8 Å². The van der Waals surface area contributed by atoms with Crippen LogP contribution in [0.1, 0.15) is 36.0 Å². The maximum atomic E-state index is 11.7. The first-order valence-corrected chi connectivity index (χ1v) is 6.59. The summed E-state index contributed by atoms with van der Waals surface area (Å²) in [4.78, 5) is 11.7. The Labute approximate surface area is 105 Å². The number of halogens is 1. The van der Waals surface area contributed by atoms with Crippen LogP contribution in [0.25, 0.3) is 0 Å². The summed E-state index contributed by atoms with van der Waals surface area (Å²) in [5.41, 5.74) is 0.723. The molecule has 0 spiro atoms. The van der Waals surface area contributed by atoms with Crippen LogP contribution in [-0.2, 0) is 0 Å². The van der Waals surface area contributed by atoms with Gasteiger partial charge in [-0.3, -0.25) is 4.79 Å². The molecule has 0 heterocycles. The number of nitrogens with one attached hydrogen (secondary N) is 1. The minimum Gasteiger partial charge on any atom is -0.352 e. The Bertz CT molecular complexity index is 374. The van der Waals surface area contributed by atoms with E-state index in [-0.39, 0.29) is 5.91 Å². The van der Waals surface area contributed by atoms with E-state index in [1.165, 1.54) is 19.3 Å². The molecule has 0 unspecified atom stereocenters. The smallest absolute Gasteiger partial charge is 0.251 e. The third-order valence-electron chi connectivity index (χ3n) is 2.86. The van der Waals surface area contributed by atoms with E-state index in [1.807, 2.05) is 24.3 Å². The highest BCUT2D eigenvalue weighted by molar-refractivity contribution is 9.10. The van der Waals surface area contributed by atoms with E-state index in [2.05, 4.69) is 21.2 Å². The maximum Gasteiger partial charge on any atom is 0.251 e. The summed E-state index contributed by atoms with van der Waals surface area (Å²) < 4.78 is 0.943. The number of carbonyl (C=O) groups excluding carboxylic acids is 1. The minimum atomic E-state index is 0.0251. The first-order valence-electron chi connectivity index (χ1n) is 5.79. The Morgan fingerprint density at radius 3 is 2.94 bits per heavy atom. The lowest BCUT2D eigenvalue weighted by Crippen LogP contribution is -2.24. The van der Waals surface area contributed by atoms with Gasteiger partial charge in [0.2, 0.25) is 0 Å². The Morgan fingerprint density at radius 2 is 2.25 bits per heavy atom. The van der Waals surface area contributed by atoms with Crippen molar-refractivity contribution >= 4 is 21.8 Å². The summed E-state index contributed by atoms with van der Waals surface area (Å²) in [6.07, 6.45) is 5.14. The van der Waals surface area contributed by atoms with E-state index in [1.54, 1.807) is 0 Å². The van der Waals surface area contributed by atoms with Gasteiger partial charge in [0.15, 0.2) is 0 Å². The van der Waals surface area contributed by atoms with Crippen molar-refractivity contribution in [2.75, 3.05) is 6.54 Å². The monoisotopic (exact) mass is 281 g/mol. The van der Waals surface area contributed by atoms with E-state index in [0.717, 1.165) is 28.9 Å². The molecule has 2 nitrogen and oxygen atoms in total. The normalized spacial score (nSPS) is 14.8. The predicted molar refractivity (Wildman–Crippen MR) is 68.4 cm³/mol. The highest BCUT2D eigenvalue weighted by atomic mass is 79.9. The molecule has 1 amide bonds. The standard InChI is InChI=1S/C13H16BrNO/c14-12-5-1-4-11(9-12)13(16)15-8-2-3-10-6-7-10/h1,4-5,9-10H,2-3,6-8H2,(H,15,16). The molecule has 1 N–H and O–H groups in total. The van der Waals surface area contributed by atoms with Crippen molar-refractivity contribution in [1.82, 2.24) is 5.32 Å². The molecular formula is C13H16BrNO. The molecule has 2 rings (SSSR count). The molecule has 0 radical (unpaired) electrons. The number of rotatable bonds is 5. The van der Waals surface area contributed by atoms with Crippen LogP contribution in [-0.4, -0.2) is 12.5 Å². The highest BCUT2D eigenvalue weighted by Gasteiger charge is 2.20. The second-order valence-corrected chi connectivity index (χ2v) is 5.27. The first-order chi connectivity index (χ1) is 7.75. The zero-order chi connectivity index (χ0) is 11.4. The quantitative estimate of drug-likeness (QED) is 0.824.